The van der Waals surface area contributed by atoms with E-state index in [1.54, 1.807) is 0 Å². The van der Waals surface area contributed by atoms with Crippen molar-refractivity contribution in [3.8, 4) is 0 Å². The Kier molecular flexibility index (Phi) is 8.60. The second-order valence-electron chi connectivity index (χ2n) is 10.7. The van der Waals surface area contributed by atoms with Crippen LogP contribution in [-0.2, 0) is 4.79 Å². The van der Waals surface area contributed by atoms with Gasteiger partial charge in [-0.1, -0.05) is 66.9 Å². The van der Waals surface area contributed by atoms with Crippen LogP contribution in [0.25, 0.3) is 0 Å². The number of hydrogen-bond acceptors (Lipinski definition) is 4. The number of nitrogens with one attached hydrogen (secondary N) is 3. The van der Waals surface area contributed by atoms with Crippen molar-refractivity contribution in [3.05, 3.63) is 119 Å². The number of amides is 1. The minimum Gasteiger partial charge on any atom is -0.332 e. The first-order chi connectivity index (χ1) is 20.5. The summed E-state index contributed by atoms with van der Waals surface area (Å²) < 4.78 is 0. The number of aliphatic imine (C=N–C) groups is 1. The SMILES string of the molecule is O=C1C2CCCCC2NC(c2ccc(N=Cc3ccc(Cl)cc3)cc2)N1c1ccc(NC(=S)Nc2ccccc2)cc1. The van der Waals surface area contributed by atoms with E-state index in [2.05, 4.69) is 33.1 Å². The standard InChI is InChI=1S/C34H32ClN5OS/c35-25-14-10-23(11-15-25)22-36-26-16-12-24(13-17-26)32-39-31-9-5-4-8-30(31)33(41)40(32)29-20-18-28(19-21-29)38-34(42)37-27-6-2-1-3-7-27/h1-3,6-7,10-22,30-32,39H,4-5,8-9H2,(H2,37,38,42). The summed E-state index contributed by atoms with van der Waals surface area (Å²) in [6, 6.07) is 33.5. The molecule has 1 aliphatic heterocycles. The average Bonchev–Trinajstić information content (AvgIpc) is 3.02. The molecule has 4 aromatic rings. The molecule has 0 radical (unpaired) electrons. The highest BCUT2D eigenvalue weighted by Crippen LogP contribution is 2.38. The van der Waals surface area contributed by atoms with Gasteiger partial charge in [0, 0.05) is 34.3 Å². The van der Waals surface area contributed by atoms with Crippen molar-refractivity contribution in [1.29, 1.82) is 0 Å². The van der Waals surface area contributed by atoms with Gasteiger partial charge in [-0.3, -0.25) is 20.0 Å². The Bertz CT molecular complexity index is 1560. The highest BCUT2D eigenvalue weighted by Gasteiger charge is 2.43. The van der Waals surface area contributed by atoms with E-state index in [4.69, 9.17) is 23.8 Å². The van der Waals surface area contributed by atoms with E-state index in [1.807, 2.05) is 102 Å². The van der Waals surface area contributed by atoms with Gasteiger partial charge in [0.25, 0.3) is 0 Å². The lowest BCUT2D eigenvalue weighted by Crippen LogP contribution is -2.59. The molecule has 0 bridgehead atoms. The Morgan fingerprint density at radius 2 is 1.52 bits per heavy atom. The molecule has 2 aliphatic rings. The molecule has 1 amide bonds. The quantitative estimate of drug-likeness (QED) is 0.156. The highest BCUT2D eigenvalue weighted by molar-refractivity contribution is 7.80. The molecule has 1 aliphatic carbocycles. The molecule has 1 heterocycles. The number of fused-ring (bicyclic) bond motifs is 1. The van der Waals surface area contributed by atoms with Crippen molar-refractivity contribution in [2.45, 2.75) is 37.9 Å². The van der Waals surface area contributed by atoms with Crippen molar-refractivity contribution in [2.24, 2.45) is 10.9 Å². The van der Waals surface area contributed by atoms with Crippen LogP contribution in [0.2, 0.25) is 5.02 Å². The number of thiocarbonyl (C=S) groups is 1. The number of benzene rings is 4. The van der Waals surface area contributed by atoms with Crippen LogP contribution < -0.4 is 20.9 Å². The monoisotopic (exact) mass is 593 g/mol. The minimum absolute atomic E-state index is 0.0151. The molecule has 0 spiro atoms. The number of anilines is 3. The number of halogens is 1. The van der Waals surface area contributed by atoms with E-state index in [-0.39, 0.29) is 24.0 Å². The summed E-state index contributed by atoms with van der Waals surface area (Å²) in [7, 11) is 0. The van der Waals surface area contributed by atoms with Crippen LogP contribution in [0.4, 0.5) is 22.7 Å². The van der Waals surface area contributed by atoms with Gasteiger partial charge in [0.05, 0.1) is 11.6 Å². The van der Waals surface area contributed by atoms with E-state index in [0.29, 0.717) is 10.1 Å². The van der Waals surface area contributed by atoms with Crippen LogP contribution in [0.5, 0.6) is 0 Å². The number of rotatable bonds is 6. The molecule has 4 aromatic carbocycles. The second-order valence-corrected chi connectivity index (χ2v) is 11.5. The minimum atomic E-state index is -0.272. The number of carbonyl (C=O) groups excluding carboxylic acids is 1. The Morgan fingerprint density at radius 1 is 0.857 bits per heavy atom. The predicted molar refractivity (Wildman–Crippen MR) is 177 cm³/mol. The molecule has 3 unspecified atom stereocenters. The van der Waals surface area contributed by atoms with Crippen LogP contribution in [0.15, 0.2) is 108 Å². The van der Waals surface area contributed by atoms with Gasteiger partial charge in [0.2, 0.25) is 5.91 Å². The molecule has 0 aromatic heterocycles. The van der Waals surface area contributed by atoms with Gasteiger partial charge in [-0.2, -0.15) is 0 Å². The maximum absolute atomic E-state index is 14.0. The molecule has 8 heteroatoms. The summed E-state index contributed by atoms with van der Waals surface area (Å²) in [5, 5.41) is 11.4. The lowest BCUT2D eigenvalue weighted by molar-refractivity contribution is -0.127. The molecule has 6 nitrogen and oxygen atoms in total. The predicted octanol–water partition coefficient (Wildman–Crippen LogP) is 8.09. The third kappa shape index (κ3) is 6.54. The molecule has 42 heavy (non-hydrogen) atoms. The van der Waals surface area contributed by atoms with Crippen LogP contribution >= 0.6 is 23.8 Å². The Hall–Kier alpha value is -4.04. The van der Waals surface area contributed by atoms with Crippen molar-refractivity contribution in [2.75, 3.05) is 15.5 Å². The summed E-state index contributed by atoms with van der Waals surface area (Å²) in [5.41, 5.74) is 5.45. The van der Waals surface area contributed by atoms with Crippen molar-refractivity contribution < 1.29 is 4.79 Å². The summed E-state index contributed by atoms with van der Waals surface area (Å²) in [5.74, 6) is 0.161. The smallest absolute Gasteiger partial charge is 0.233 e. The van der Waals surface area contributed by atoms with Gasteiger partial charge in [-0.25, -0.2) is 0 Å². The fourth-order valence-corrected chi connectivity index (χ4v) is 6.05. The maximum Gasteiger partial charge on any atom is 0.233 e. The number of nitrogens with zero attached hydrogens (tertiary/aromatic N) is 2. The first kappa shape index (κ1) is 28.1. The molecular weight excluding hydrogens is 562 g/mol. The molecule has 3 N–H and O–H groups in total. The molecule has 3 atom stereocenters. The van der Waals surface area contributed by atoms with Crippen molar-refractivity contribution in [3.63, 3.8) is 0 Å². The largest absolute Gasteiger partial charge is 0.332 e. The summed E-state index contributed by atoms with van der Waals surface area (Å²) >= 11 is 11.5. The first-order valence-corrected chi connectivity index (χ1v) is 15.0. The lowest BCUT2D eigenvalue weighted by Gasteiger charge is -2.46. The number of hydrogen-bond donors (Lipinski definition) is 3. The molecule has 1 saturated heterocycles. The Morgan fingerprint density at radius 3 is 2.24 bits per heavy atom. The molecule has 1 saturated carbocycles. The summed E-state index contributed by atoms with van der Waals surface area (Å²) in [6.45, 7) is 0. The second kappa shape index (κ2) is 12.9. The normalized spacial score (nSPS) is 20.3. The average molecular weight is 594 g/mol. The summed E-state index contributed by atoms with van der Waals surface area (Å²) in [4.78, 5) is 20.5. The van der Waals surface area contributed by atoms with Gasteiger partial charge < -0.3 is 10.6 Å². The third-order valence-corrected chi connectivity index (χ3v) is 8.28. The lowest BCUT2D eigenvalue weighted by atomic mass is 9.81. The van der Waals surface area contributed by atoms with Gasteiger partial charge in [0.15, 0.2) is 5.11 Å². The number of para-hydroxylation sites is 1. The fraction of sp³-hybridized carbons (Fsp3) is 0.206. The van der Waals surface area contributed by atoms with Gasteiger partial charge in [0.1, 0.15) is 6.17 Å². The Balaban J connectivity index is 1.21. The maximum atomic E-state index is 14.0. The van der Waals surface area contributed by atoms with E-state index < -0.39 is 0 Å². The fourth-order valence-electron chi connectivity index (χ4n) is 5.69. The molecular formula is C34H32ClN5OS. The van der Waals surface area contributed by atoms with E-state index in [1.165, 1.54) is 0 Å². The zero-order valence-corrected chi connectivity index (χ0v) is 24.6. The molecule has 2 fully saturated rings. The van der Waals surface area contributed by atoms with Crippen molar-refractivity contribution >= 4 is 63.8 Å². The van der Waals surface area contributed by atoms with Crippen LogP contribution in [-0.4, -0.2) is 23.3 Å². The molecule has 212 valence electrons. The van der Waals surface area contributed by atoms with Crippen LogP contribution in [0.1, 0.15) is 43.0 Å². The Labute approximate surface area is 256 Å². The first-order valence-electron chi connectivity index (χ1n) is 14.3. The van der Waals surface area contributed by atoms with E-state index in [0.717, 1.165) is 59.6 Å². The zero-order chi connectivity index (χ0) is 28.9. The van der Waals surface area contributed by atoms with E-state index in [9.17, 15) is 4.79 Å². The van der Waals surface area contributed by atoms with Gasteiger partial charge >= 0.3 is 0 Å². The zero-order valence-electron chi connectivity index (χ0n) is 23.0. The van der Waals surface area contributed by atoms with Crippen LogP contribution in [0.3, 0.4) is 0 Å². The topological polar surface area (TPSA) is 68.8 Å². The third-order valence-electron chi connectivity index (χ3n) is 7.83. The van der Waals surface area contributed by atoms with Gasteiger partial charge in [-0.05, 0) is 96.9 Å². The molecule has 6 rings (SSSR count). The number of carbonyl (C=O) groups is 1. The van der Waals surface area contributed by atoms with Gasteiger partial charge in [-0.15, -0.1) is 0 Å². The van der Waals surface area contributed by atoms with Crippen LogP contribution in [0, 0.1) is 5.92 Å². The van der Waals surface area contributed by atoms with Crippen molar-refractivity contribution in [1.82, 2.24) is 5.32 Å². The summed E-state index contributed by atoms with van der Waals surface area (Å²) in [6.07, 6.45) is 5.71. The van der Waals surface area contributed by atoms with E-state index >= 15 is 0 Å². The highest BCUT2D eigenvalue weighted by atomic mass is 35.5.